The molecule has 0 spiro atoms. The van der Waals surface area contributed by atoms with Gasteiger partial charge in [0.25, 0.3) is 0 Å². The van der Waals surface area contributed by atoms with E-state index in [-0.39, 0.29) is 24.5 Å². The molecule has 7 heteroatoms. The molecule has 0 radical (unpaired) electrons. The van der Waals surface area contributed by atoms with E-state index in [1.54, 1.807) is 0 Å². The quantitative estimate of drug-likeness (QED) is 0.386. The molecule has 3 aliphatic rings. The van der Waals surface area contributed by atoms with Crippen molar-refractivity contribution in [1.82, 2.24) is 0 Å². The molecule has 2 atom stereocenters. The normalized spacial score (nSPS) is 21.0. The Morgan fingerprint density at radius 2 is 1.67 bits per heavy atom. The lowest BCUT2D eigenvalue weighted by Gasteiger charge is -2.30. The van der Waals surface area contributed by atoms with Gasteiger partial charge < -0.3 is 20.1 Å². The summed E-state index contributed by atoms with van der Waals surface area (Å²) < 4.78 is 12.0. The number of allylic oxidation sites excluding steroid dienone is 1. The molecule has 33 heavy (non-hydrogen) atoms. The topological polar surface area (TPSA) is 59.6 Å². The van der Waals surface area contributed by atoms with Crippen molar-refractivity contribution in [2.45, 2.75) is 24.8 Å². The highest BCUT2D eigenvalue weighted by molar-refractivity contribution is 9.10. The van der Waals surface area contributed by atoms with Crippen LogP contribution in [0.2, 0.25) is 5.02 Å². The van der Waals surface area contributed by atoms with E-state index in [1.807, 2.05) is 60.7 Å². The van der Waals surface area contributed by atoms with Crippen LogP contribution in [0.15, 0.2) is 76.4 Å². The lowest BCUT2D eigenvalue weighted by Crippen LogP contribution is -2.27. The molecule has 0 fully saturated rings. The molecule has 1 aliphatic carbocycles. The second-order valence-electron chi connectivity index (χ2n) is 8.45. The van der Waals surface area contributed by atoms with Crippen molar-refractivity contribution in [3.63, 3.8) is 0 Å². The zero-order valence-corrected chi connectivity index (χ0v) is 19.9. The van der Waals surface area contributed by atoms with Crippen molar-refractivity contribution in [2.75, 3.05) is 17.4 Å². The summed E-state index contributed by atoms with van der Waals surface area (Å²) in [6, 6.07) is 19.4. The summed E-state index contributed by atoms with van der Waals surface area (Å²) >= 11 is 9.79. The highest BCUT2D eigenvalue weighted by Crippen LogP contribution is 2.47. The average molecular weight is 524 g/mol. The molecule has 166 valence electrons. The SMILES string of the molecule is O=C1CC(c2ccc(Cl)cc2)CC2=C1C(c1cc3c(cc1Br)OCO3)Nc1ccccc1N2. The molecule has 0 aromatic heterocycles. The molecule has 3 aromatic rings. The Labute approximate surface area is 204 Å². The van der Waals surface area contributed by atoms with Crippen molar-refractivity contribution >= 4 is 44.7 Å². The number of para-hydroxylation sites is 2. The van der Waals surface area contributed by atoms with Gasteiger partial charge in [0.05, 0.1) is 17.4 Å². The smallest absolute Gasteiger partial charge is 0.231 e. The summed E-state index contributed by atoms with van der Waals surface area (Å²) in [4.78, 5) is 13.7. The number of ketones is 1. The van der Waals surface area contributed by atoms with Gasteiger partial charge in [-0.25, -0.2) is 0 Å². The molecule has 0 amide bonds. The predicted octanol–water partition coefficient (Wildman–Crippen LogP) is 6.81. The number of hydrogen-bond donors (Lipinski definition) is 2. The first-order valence-corrected chi connectivity index (χ1v) is 12.0. The minimum Gasteiger partial charge on any atom is -0.454 e. The molecule has 0 saturated carbocycles. The fourth-order valence-electron chi connectivity index (χ4n) is 4.85. The molecule has 2 N–H and O–H groups in total. The number of carbonyl (C=O) groups excluding carboxylic acids is 1. The molecule has 2 unspecified atom stereocenters. The standard InChI is InChI=1S/C26H20BrClN2O3/c27-18-12-24-23(32-13-33-24)11-17(18)26-25-21(29-19-3-1-2-4-20(19)30-26)9-15(10-22(25)31)14-5-7-16(28)8-6-14/h1-8,11-12,15,26,29-30H,9-10,13H2. The van der Waals surface area contributed by atoms with Gasteiger partial charge in [0.2, 0.25) is 6.79 Å². The van der Waals surface area contributed by atoms with Crippen LogP contribution < -0.4 is 20.1 Å². The molecule has 5 nitrogen and oxygen atoms in total. The second-order valence-corrected chi connectivity index (χ2v) is 9.74. The predicted molar refractivity (Wildman–Crippen MR) is 132 cm³/mol. The first-order valence-electron chi connectivity index (χ1n) is 10.8. The Hall–Kier alpha value is -2.96. The van der Waals surface area contributed by atoms with Gasteiger partial charge in [0, 0.05) is 27.2 Å². The van der Waals surface area contributed by atoms with Gasteiger partial charge in [-0.3, -0.25) is 4.79 Å². The molecule has 2 aliphatic heterocycles. The van der Waals surface area contributed by atoms with Gasteiger partial charge >= 0.3 is 0 Å². The van der Waals surface area contributed by atoms with Crippen LogP contribution in [0.1, 0.15) is 35.9 Å². The average Bonchev–Trinajstić information content (AvgIpc) is 3.18. The van der Waals surface area contributed by atoms with Gasteiger partial charge in [-0.15, -0.1) is 0 Å². The van der Waals surface area contributed by atoms with Gasteiger partial charge in [-0.1, -0.05) is 51.8 Å². The maximum Gasteiger partial charge on any atom is 0.231 e. The van der Waals surface area contributed by atoms with Crippen LogP contribution in [0.3, 0.4) is 0 Å². The molecular weight excluding hydrogens is 504 g/mol. The van der Waals surface area contributed by atoms with Crippen molar-refractivity contribution in [2.24, 2.45) is 0 Å². The van der Waals surface area contributed by atoms with Crippen LogP contribution in [0.5, 0.6) is 11.5 Å². The number of carbonyl (C=O) groups is 1. The van der Waals surface area contributed by atoms with Gasteiger partial charge in [0.15, 0.2) is 17.3 Å². The fraction of sp³-hybridized carbons (Fsp3) is 0.192. The first-order chi connectivity index (χ1) is 16.1. The number of anilines is 2. The van der Waals surface area contributed by atoms with E-state index in [0.717, 1.165) is 44.7 Å². The summed E-state index contributed by atoms with van der Waals surface area (Å²) in [5.41, 5.74) is 5.65. The summed E-state index contributed by atoms with van der Waals surface area (Å²) in [7, 11) is 0. The number of fused-ring (bicyclic) bond motifs is 2. The van der Waals surface area contributed by atoms with Crippen molar-refractivity contribution in [3.8, 4) is 11.5 Å². The van der Waals surface area contributed by atoms with Gasteiger partial charge in [-0.05, 0) is 59.9 Å². The molecular formula is C26H20BrClN2O3. The van der Waals surface area contributed by atoms with Crippen molar-refractivity contribution < 1.29 is 14.3 Å². The Morgan fingerprint density at radius 3 is 2.45 bits per heavy atom. The van der Waals surface area contributed by atoms with E-state index in [4.69, 9.17) is 21.1 Å². The third-order valence-electron chi connectivity index (χ3n) is 6.45. The Morgan fingerprint density at radius 1 is 0.939 bits per heavy atom. The molecule has 0 saturated heterocycles. The van der Waals surface area contributed by atoms with E-state index < -0.39 is 0 Å². The zero-order chi connectivity index (χ0) is 22.5. The van der Waals surface area contributed by atoms with E-state index in [0.29, 0.717) is 22.9 Å². The van der Waals surface area contributed by atoms with Crippen LogP contribution in [-0.2, 0) is 4.79 Å². The van der Waals surface area contributed by atoms with E-state index in [1.165, 1.54) is 0 Å². The maximum atomic E-state index is 13.7. The highest BCUT2D eigenvalue weighted by atomic mass is 79.9. The zero-order valence-electron chi connectivity index (χ0n) is 17.5. The number of hydrogen-bond acceptors (Lipinski definition) is 5. The molecule has 3 aromatic carbocycles. The number of rotatable bonds is 2. The second kappa shape index (κ2) is 8.12. The number of ether oxygens (including phenoxy) is 2. The minimum atomic E-state index is -0.335. The van der Waals surface area contributed by atoms with E-state index in [9.17, 15) is 4.79 Å². The first kappa shape index (κ1) is 20.6. The largest absolute Gasteiger partial charge is 0.454 e. The monoisotopic (exact) mass is 522 g/mol. The third-order valence-corrected chi connectivity index (χ3v) is 7.39. The van der Waals surface area contributed by atoms with Crippen LogP contribution in [0.4, 0.5) is 11.4 Å². The summed E-state index contributed by atoms with van der Waals surface area (Å²) in [6.07, 6.45) is 1.18. The number of halogens is 2. The Balaban J connectivity index is 1.47. The van der Waals surface area contributed by atoms with E-state index in [2.05, 4.69) is 26.6 Å². The van der Waals surface area contributed by atoms with Crippen molar-refractivity contribution in [3.05, 3.63) is 92.6 Å². The van der Waals surface area contributed by atoms with Crippen LogP contribution in [-0.4, -0.2) is 12.6 Å². The molecule has 6 rings (SSSR count). The van der Waals surface area contributed by atoms with Crippen molar-refractivity contribution in [1.29, 1.82) is 0 Å². The number of benzene rings is 3. The van der Waals surface area contributed by atoms with Crippen LogP contribution in [0.25, 0.3) is 0 Å². The van der Waals surface area contributed by atoms with Crippen LogP contribution in [0, 0.1) is 0 Å². The van der Waals surface area contributed by atoms with Crippen LogP contribution >= 0.6 is 27.5 Å². The number of nitrogens with one attached hydrogen (secondary N) is 2. The third kappa shape index (κ3) is 3.67. The molecule has 0 bridgehead atoms. The summed E-state index contributed by atoms with van der Waals surface area (Å²) in [5, 5.41) is 7.88. The Kier molecular flexibility index (Phi) is 5.07. The maximum absolute atomic E-state index is 13.7. The lowest BCUT2D eigenvalue weighted by molar-refractivity contribution is -0.116. The molecule has 2 heterocycles. The summed E-state index contributed by atoms with van der Waals surface area (Å²) in [5.74, 6) is 1.60. The number of Topliss-reactive ketones (excluding diaryl/α,β-unsaturated/α-hetero) is 1. The van der Waals surface area contributed by atoms with E-state index >= 15 is 0 Å². The highest BCUT2D eigenvalue weighted by Gasteiger charge is 2.37. The van der Waals surface area contributed by atoms with Gasteiger partial charge in [0.1, 0.15) is 0 Å². The minimum absolute atomic E-state index is 0.0899. The summed E-state index contributed by atoms with van der Waals surface area (Å²) in [6.45, 7) is 0.198. The Bertz CT molecular complexity index is 1310. The van der Waals surface area contributed by atoms with Gasteiger partial charge in [-0.2, -0.15) is 0 Å². The fourth-order valence-corrected chi connectivity index (χ4v) is 5.53. The lowest BCUT2D eigenvalue weighted by atomic mass is 9.78.